The molecule has 264 valence electrons. The topological polar surface area (TPSA) is 61.7 Å². The van der Waals surface area contributed by atoms with Crippen LogP contribution in [0.15, 0.2) is 180 Å². The number of benzene rings is 9. The van der Waals surface area contributed by atoms with Gasteiger partial charge in [0.05, 0.1) is 22.1 Å². The molecule has 0 aliphatic rings. The highest BCUT2D eigenvalue weighted by Crippen LogP contribution is 2.46. The second-order valence-electron chi connectivity index (χ2n) is 14.7. The second kappa shape index (κ2) is 11.4. The van der Waals surface area contributed by atoms with E-state index >= 15 is 0 Å². The maximum Gasteiger partial charge on any atom is 0.238 e. The lowest BCUT2D eigenvalue weighted by Gasteiger charge is -2.15. The van der Waals surface area contributed by atoms with Gasteiger partial charge in [0.15, 0.2) is 11.6 Å². The Hall–Kier alpha value is -7.83. The van der Waals surface area contributed by atoms with E-state index in [1.54, 1.807) is 0 Å². The van der Waals surface area contributed by atoms with E-state index in [2.05, 4.69) is 167 Å². The molecular formula is C51H29N5O. The van der Waals surface area contributed by atoms with Crippen LogP contribution >= 0.6 is 0 Å². The van der Waals surface area contributed by atoms with Crippen LogP contribution < -0.4 is 0 Å². The van der Waals surface area contributed by atoms with Gasteiger partial charge >= 0.3 is 0 Å². The van der Waals surface area contributed by atoms with Crippen molar-refractivity contribution in [1.29, 1.82) is 0 Å². The van der Waals surface area contributed by atoms with Crippen molar-refractivity contribution in [3.05, 3.63) is 176 Å². The molecule has 0 atom stereocenters. The molecule has 6 nitrogen and oxygen atoms in total. The van der Waals surface area contributed by atoms with Crippen LogP contribution in [-0.2, 0) is 0 Å². The normalized spacial score (nSPS) is 12.2. The molecule has 0 bridgehead atoms. The predicted octanol–water partition coefficient (Wildman–Crippen LogP) is 13.0. The van der Waals surface area contributed by atoms with E-state index in [1.807, 2.05) is 18.2 Å². The van der Waals surface area contributed by atoms with E-state index in [1.165, 1.54) is 16.2 Å². The molecule has 57 heavy (non-hydrogen) atoms. The number of hydrogen-bond donors (Lipinski definition) is 0. The van der Waals surface area contributed by atoms with Gasteiger partial charge in [-0.25, -0.2) is 4.98 Å². The first-order valence-corrected chi connectivity index (χ1v) is 19.2. The molecule has 4 heterocycles. The van der Waals surface area contributed by atoms with E-state index in [4.69, 9.17) is 19.4 Å². The molecule has 0 N–H and O–H groups in total. The zero-order chi connectivity index (χ0) is 37.2. The highest BCUT2D eigenvalue weighted by molar-refractivity contribution is 6.35. The van der Waals surface area contributed by atoms with Gasteiger partial charge < -0.3 is 8.98 Å². The Morgan fingerprint density at radius 3 is 1.67 bits per heavy atom. The summed E-state index contributed by atoms with van der Waals surface area (Å²) in [5.74, 6) is 1.75. The number of aromatic nitrogens is 5. The molecule has 13 aromatic rings. The van der Waals surface area contributed by atoms with Gasteiger partial charge in [-0.2, -0.15) is 9.97 Å². The van der Waals surface area contributed by atoms with Crippen LogP contribution in [0.2, 0.25) is 0 Å². The van der Waals surface area contributed by atoms with Crippen LogP contribution in [0.25, 0.3) is 122 Å². The van der Waals surface area contributed by atoms with Gasteiger partial charge in [0, 0.05) is 54.5 Å². The molecule has 0 saturated carbocycles. The molecule has 13 rings (SSSR count). The smallest absolute Gasteiger partial charge is 0.238 e. The summed E-state index contributed by atoms with van der Waals surface area (Å²) in [6, 6.07) is 61.8. The first-order chi connectivity index (χ1) is 28.3. The Morgan fingerprint density at radius 2 is 0.912 bits per heavy atom. The first kappa shape index (κ1) is 30.5. The lowest BCUT2D eigenvalue weighted by atomic mass is 9.91. The quantitative estimate of drug-likeness (QED) is 0.169. The minimum absolute atomic E-state index is 0.552. The zero-order valence-electron chi connectivity index (χ0n) is 30.4. The third kappa shape index (κ3) is 4.16. The fourth-order valence-corrected chi connectivity index (χ4v) is 9.39. The Labute approximate surface area is 324 Å². The minimum atomic E-state index is 0.552. The number of nitrogens with zero attached hydrogens (tertiary/aromatic N) is 5. The summed E-state index contributed by atoms with van der Waals surface area (Å²) in [7, 11) is 0. The van der Waals surface area contributed by atoms with Crippen LogP contribution in [-0.4, -0.2) is 24.1 Å². The fraction of sp³-hybridized carbons (Fsp3) is 0. The van der Waals surface area contributed by atoms with E-state index in [-0.39, 0.29) is 0 Å². The standard InChI is InChI=1S/C51H29N5O/c1-3-14-30(15-4-1)49-52-50(39-28-29-43-46-44(39)35-21-8-7-18-32(35)36-22-13-25-42(57-43)45(36)46)54-51(53-49)56-41-24-12-10-20-34(41)38-27-26-37-33-19-9-11-23-40(33)55(47(37)48(38)56)31-16-5-2-6-17-31/h1-29H. The minimum Gasteiger partial charge on any atom is -0.456 e. The van der Waals surface area contributed by atoms with Crippen LogP contribution in [0.3, 0.4) is 0 Å². The molecule has 0 aliphatic heterocycles. The summed E-state index contributed by atoms with van der Waals surface area (Å²) >= 11 is 0. The number of para-hydroxylation sites is 3. The molecule has 0 spiro atoms. The van der Waals surface area contributed by atoms with Gasteiger partial charge in [-0.05, 0) is 58.6 Å². The Morgan fingerprint density at radius 1 is 0.351 bits per heavy atom. The number of furan rings is 1. The van der Waals surface area contributed by atoms with Gasteiger partial charge in [-0.15, -0.1) is 0 Å². The number of hydrogen-bond acceptors (Lipinski definition) is 4. The average Bonchev–Trinajstić information content (AvgIpc) is 3.95. The highest BCUT2D eigenvalue weighted by atomic mass is 16.3. The van der Waals surface area contributed by atoms with Crippen molar-refractivity contribution < 1.29 is 4.42 Å². The molecule has 0 amide bonds. The lowest BCUT2D eigenvalue weighted by Crippen LogP contribution is -2.07. The van der Waals surface area contributed by atoms with E-state index < -0.39 is 0 Å². The Bertz CT molecular complexity index is 3750. The van der Waals surface area contributed by atoms with Gasteiger partial charge in [0.2, 0.25) is 5.95 Å². The van der Waals surface area contributed by atoms with Crippen LogP contribution in [0.1, 0.15) is 0 Å². The fourth-order valence-electron chi connectivity index (χ4n) is 9.39. The van der Waals surface area contributed by atoms with Crippen LogP contribution in [0, 0.1) is 0 Å². The summed E-state index contributed by atoms with van der Waals surface area (Å²) in [6.45, 7) is 0. The van der Waals surface area contributed by atoms with E-state index in [9.17, 15) is 0 Å². The highest BCUT2D eigenvalue weighted by Gasteiger charge is 2.25. The molecule has 9 aromatic carbocycles. The number of fused-ring (bicyclic) bond motifs is 10. The molecular weight excluding hydrogens is 699 g/mol. The summed E-state index contributed by atoms with van der Waals surface area (Å²) in [6.07, 6.45) is 0. The Balaban J connectivity index is 1.20. The van der Waals surface area contributed by atoms with Crippen molar-refractivity contribution in [3.8, 4) is 34.4 Å². The SMILES string of the molecule is c1ccc(-c2nc(-c3ccc4oc5cccc6c7ccccc7c3c4c56)nc(-n3c4ccccc4c4ccc5c6ccccc6n(-c6ccccc6)c5c43)n2)cc1. The summed E-state index contributed by atoms with van der Waals surface area (Å²) in [5.41, 5.74) is 8.96. The summed E-state index contributed by atoms with van der Waals surface area (Å²) in [5, 5.41) is 11.4. The van der Waals surface area contributed by atoms with Crippen molar-refractivity contribution in [1.82, 2.24) is 24.1 Å². The lowest BCUT2D eigenvalue weighted by molar-refractivity contribution is 0.669. The van der Waals surface area contributed by atoms with Crippen LogP contribution in [0.5, 0.6) is 0 Å². The van der Waals surface area contributed by atoms with Crippen molar-refractivity contribution in [2.24, 2.45) is 0 Å². The van der Waals surface area contributed by atoms with Crippen molar-refractivity contribution in [2.45, 2.75) is 0 Å². The summed E-state index contributed by atoms with van der Waals surface area (Å²) < 4.78 is 11.1. The predicted molar refractivity (Wildman–Crippen MR) is 233 cm³/mol. The van der Waals surface area contributed by atoms with Gasteiger partial charge in [-0.3, -0.25) is 4.57 Å². The molecule has 0 aliphatic carbocycles. The third-order valence-corrected chi connectivity index (χ3v) is 11.7. The maximum absolute atomic E-state index is 6.50. The second-order valence-corrected chi connectivity index (χ2v) is 14.7. The molecule has 0 radical (unpaired) electrons. The molecule has 0 fully saturated rings. The van der Waals surface area contributed by atoms with Crippen molar-refractivity contribution in [3.63, 3.8) is 0 Å². The average molecular weight is 728 g/mol. The van der Waals surface area contributed by atoms with Crippen LogP contribution in [0.4, 0.5) is 0 Å². The molecule has 4 aromatic heterocycles. The van der Waals surface area contributed by atoms with Gasteiger partial charge in [0.25, 0.3) is 0 Å². The van der Waals surface area contributed by atoms with E-state index in [0.29, 0.717) is 17.6 Å². The van der Waals surface area contributed by atoms with Crippen molar-refractivity contribution in [2.75, 3.05) is 0 Å². The summed E-state index contributed by atoms with van der Waals surface area (Å²) in [4.78, 5) is 16.2. The monoisotopic (exact) mass is 727 g/mol. The molecule has 0 saturated heterocycles. The largest absolute Gasteiger partial charge is 0.456 e. The van der Waals surface area contributed by atoms with Crippen molar-refractivity contribution >= 4 is 87.1 Å². The third-order valence-electron chi connectivity index (χ3n) is 11.7. The first-order valence-electron chi connectivity index (χ1n) is 19.2. The van der Waals surface area contributed by atoms with Gasteiger partial charge in [0.1, 0.15) is 11.2 Å². The number of rotatable bonds is 4. The maximum atomic E-state index is 6.50. The molecule has 6 heteroatoms. The Kier molecular flexibility index (Phi) is 6.07. The van der Waals surface area contributed by atoms with Gasteiger partial charge in [-0.1, -0.05) is 133 Å². The molecule has 0 unspecified atom stereocenters. The zero-order valence-corrected chi connectivity index (χ0v) is 30.4. The van der Waals surface area contributed by atoms with E-state index in [0.717, 1.165) is 87.8 Å².